The van der Waals surface area contributed by atoms with Crippen LogP contribution in [-0.2, 0) is 4.74 Å². The predicted octanol–water partition coefficient (Wildman–Crippen LogP) is 3.08. The van der Waals surface area contributed by atoms with Gasteiger partial charge >= 0.3 is 0 Å². The molecule has 1 N–H and O–H groups in total. The van der Waals surface area contributed by atoms with Crippen molar-refractivity contribution >= 4 is 17.3 Å². The Labute approximate surface area is 132 Å². The minimum atomic E-state index is 0.312. The zero-order valence-corrected chi connectivity index (χ0v) is 12.6. The molecule has 0 spiro atoms. The SMILES string of the molecule is c1ccc(-c2csc(-c3ccnc(NC4COC4)n3)n2)cc1. The van der Waals surface area contributed by atoms with Crippen LogP contribution in [0.5, 0.6) is 0 Å². The maximum atomic E-state index is 5.15. The summed E-state index contributed by atoms with van der Waals surface area (Å²) in [5.41, 5.74) is 2.93. The monoisotopic (exact) mass is 310 g/mol. The molecule has 0 bridgehead atoms. The third-order valence-corrected chi connectivity index (χ3v) is 4.28. The molecule has 1 aromatic carbocycles. The summed E-state index contributed by atoms with van der Waals surface area (Å²) in [5, 5.41) is 6.21. The van der Waals surface area contributed by atoms with Crippen molar-refractivity contribution in [2.75, 3.05) is 18.5 Å². The first-order valence-corrected chi connectivity index (χ1v) is 7.95. The molecule has 1 aliphatic heterocycles. The molecular formula is C16H14N4OS. The van der Waals surface area contributed by atoms with Gasteiger partial charge in [0.15, 0.2) is 0 Å². The van der Waals surface area contributed by atoms with Gasteiger partial charge in [-0.15, -0.1) is 11.3 Å². The number of ether oxygens (including phenoxy) is 1. The Morgan fingerprint density at radius 3 is 2.68 bits per heavy atom. The molecule has 0 aliphatic carbocycles. The van der Waals surface area contributed by atoms with Crippen molar-refractivity contribution in [1.82, 2.24) is 15.0 Å². The Bertz CT molecular complexity index is 771. The smallest absolute Gasteiger partial charge is 0.223 e. The first-order valence-electron chi connectivity index (χ1n) is 7.07. The van der Waals surface area contributed by atoms with Gasteiger partial charge < -0.3 is 10.1 Å². The van der Waals surface area contributed by atoms with Crippen molar-refractivity contribution in [2.45, 2.75) is 6.04 Å². The highest BCUT2D eigenvalue weighted by molar-refractivity contribution is 7.13. The van der Waals surface area contributed by atoms with E-state index in [1.54, 1.807) is 17.5 Å². The second kappa shape index (κ2) is 5.82. The zero-order valence-electron chi connectivity index (χ0n) is 11.8. The highest BCUT2D eigenvalue weighted by Gasteiger charge is 2.19. The van der Waals surface area contributed by atoms with Gasteiger partial charge in [0.05, 0.1) is 24.9 Å². The molecule has 5 nitrogen and oxygen atoms in total. The summed E-state index contributed by atoms with van der Waals surface area (Å²) >= 11 is 1.59. The van der Waals surface area contributed by atoms with E-state index in [1.165, 1.54) is 0 Å². The lowest BCUT2D eigenvalue weighted by atomic mass is 10.2. The first kappa shape index (κ1) is 13.4. The average molecular weight is 310 g/mol. The van der Waals surface area contributed by atoms with Crippen LogP contribution in [0.25, 0.3) is 22.0 Å². The van der Waals surface area contributed by atoms with E-state index in [1.807, 2.05) is 24.3 Å². The lowest BCUT2D eigenvalue weighted by Crippen LogP contribution is -2.40. The molecule has 3 aromatic rings. The second-order valence-electron chi connectivity index (χ2n) is 5.05. The van der Waals surface area contributed by atoms with Gasteiger partial charge in [0.1, 0.15) is 10.7 Å². The van der Waals surface area contributed by atoms with Crippen LogP contribution in [0.2, 0.25) is 0 Å². The van der Waals surface area contributed by atoms with Crippen molar-refractivity contribution in [3.05, 3.63) is 48.0 Å². The lowest BCUT2D eigenvalue weighted by molar-refractivity contribution is 0.0208. The molecule has 6 heteroatoms. The minimum absolute atomic E-state index is 0.312. The molecule has 1 saturated heterocycles. The summed E-state index contributed by atoms with van der Waals surface area (Å²) in [4.78, 5) is 13.5. The van der Waals surface area contributed by atoms with Crippen LogP contribution in [0.15, 0.2) is 48.0 Å². The fourth-order valence-electron chi connectivity index (χ4n) is 2.18. The van der Waals surface area contributed by atoms with Crippen LogP contribution < -0.4 is 5.32 Å². The summed E-state index contributed by atoms with van der Waals surface area (Å²) < 4.78 is 5.15. The molecule has 0 atom stereocenters. The normalized spacial score (nSPS) is 14.5. The van der Waals surface area contributed by atoms with Crippen molar-refractivity contribution < 1.29 is 4.74 Å². The van der Waals surface area contributed by atoms with E-state index in [9.17, 15) is 0 Å². The summed E-state index contributed by atoms with van der Waals surface area (Å²) in [6.45, 7) is 1.42. The van der Waals surface area contributed by atoms with E-state index in [2.05, 4.69) is 37.8 Å². The number of benzene rings is 1. The highest BCUT2D eigenvalue weighted by atomic mass is 32.1. The fourth-order valence-corrected chi connectivity index (χ4v) is 2.98. The van der Waals surface area contributed by atoms with E-state index < -0.39 is 0 Å². The minimum Gasteiger partial charge on any atom is -0.377 e. The van der Waals surface area contributed by atoms with Crippen LogP contribution in [0.3, 0.4) is 0 Å². The lowest BCUT2D eigenvalue weighted by Gasteiger charge is -2.26. The molecule has 0 amide bonds. The summed E-state index contributed by atoms with van der Waals surface area (Å²) in [7, 11) is 0. The summed E-state index contributed by atoms with van der Waals surface area (Å²) in [5.74, 6) is 0.627. The van der Waals surface area contributed by atoms with Crippen LogP contribution in [0.1, 0.15) is 0 Å². The number of rotatable bonds is 4. The third-order valence-electron chi connectivity index (χ3n) is 3.42. The fraction of sp³-hybridized carbons (Fsp3) is 0.188. The summed E-state index contributed by atoms with van der Waals surface area (Å²) in [6, 6.07) is 12.3. The molecule has 0 radical (unpaired) electrons. The Morgan fingerprint density at radius 2 is 1.91 bits per heavy atom. The van der Waals surface area contributed by atoms with Crippen molar-refractivity contribution in [3.8, 4) is 22.0 Å². The molecule has 1 fully saturated rings. The van der Waals surface area contributed by atoms with E-state index in [0.29, 0.717) is 25.2 Å². The third kappa shape index (κ3) is 2.70. The molecule has 22 heavy (non-hydrogen) atoms. The maximum Gasteiger partial charge on any atom is 0.223 e. The number of aromatic nitrogens is 3. The number of hydrogen-bond donors (Lipinski definition) is 1. The first-order chi connectivity index (χ1) is 10.9. The zero-order chi connectivity index (χ0) is 14.8. The van der Waals surface area contributed by atoms with Gasteiger partial charge in [-0.25, -0.2) is 15.0 Å². The molecule has 0 saturated carbocycles. The molecule has 110 valence electrons. The quantitative estimate of drug-likeness (QED) is 0.802. The Hall–Kier alpha value is -2.31. The molecule has 0 unspecified atom stereocenters. The number of nitrogens with zero attached hydrogens (tertiary/aromatic N) is 3. The molecule has 4 rings (SSSR count). The van der Waals surface area contributed by atoms with Crippen LogP contribution >= 0.6 is 11.3 Å². The molecular weight excluding hydrogens is 296 g/mol. The number of thiazole rings is 1. The number of hydrogen-bond acceptors (Lipinski definition) is 6. The van der Waals surface area contributed by atoms with Gasteiger partial charge in [0, 0.05) is 17.1 Å². The second-order valence-corrected chi connectivity index (χ2v) is 5.91. The number of anilines is 1. The van der Waals surface area contributed by atoms with Crippen LogP contribution in [-0.4, -0.2) is 34.2 Å². The van der Waals surface area contributed by atoms with E-state index in [-0.39, 0.29) is 0 Å². The molecule has 3 heterocycles. The van der Waals surface area contributed by atoms with Gasteiger partial charge in [-0.2, -0.15) is 0 Å². The average Bonchev–Trinajstić information content (AvgIpc) is 3.02. The van der Waals surface area contributed by atoms with E-state index in [0.717, 1.165) is 22.0 Å². The van der Waals surface area contributed by atoms with Crippen molar-refractivity contribution in [1.29, 1.82) is 0 Å². The highest BCUT2D eigenvalue weighted by Crippen LogP contribution is 2.28. The standard InChI is InChI=1S/C16H14N4OS/c1-2-4-11(5-3-1)14-10-22-15(19-14)13-6-7-17-16(20-13)18-12-8-21-9-12/h1-7,10,12H,8-9H2,(H,17,18,20). The van der Waals surface area contributed by atoms with Gasteiger partial charge in [0.2, 0.25) is 5.95 Å². The molecule has 1 aliphatic rings. The summed E-state index contributed by atoms with van der Waals surface area (Å²) in [6.07, 6.45) is 1.76. The largest absolute Gasteiger partial charge is 0.377 e. The van der Waals surface area contributed by atoms with Gasteiger partial charge in [-0.1, -0.05) is 30.3 Å². The van der Waals surface area contributed by atoms with E-state index in [4.69, 9.17) is 4.74 Å². The Kier molecular flexibility index (Phi) is 3.54. The maximum absolute atomic E-state index is 5.15. The van der Waals surface area contributed by atoms with E-state index >= 15 is 0 Å². The number of nitrogens with one attached hydrogen (secondary N) is 1. The predicted molar refractivity (Wildman–Crippen MR) is 86.8 cm³/mol. The Morgan fingerprint density at radius 1 is 1.05 bits per heavy atom. The van der Waals surface area contributed by atoms with Gasteiger partial charge in [-0.3, -0.25) is 0 Å². The Balaban J connectivity index is 1.59. The van der Waals surface area contributed by atoms with Gasteiger partial charge in [-0.05, 0) is 6.07 Å². The van der Waals surface area contributed by atoms with Crippen molar-refractivity contribution in [3.63, 3.8) is 0 Å². The van der Waals surface area contributed by atoms with Crippen LogP contribution in [0, 0.1) is 0 Å². The topological polar surface area (TPSA) is 59.9 Å². The van der Waals surface area contributed by atoms with Crippen LogP contribution in [0.4, 0.5) is 5.95 Å². The van der Waals surface area contributed by atoms with Crippen molar-refractivity contribution in [2.24, 2.45) is 0 Å². The molecule has 2 aromatic heterocycles. The van der Waals surface area contributed by atoms with Gasteiger partial charge in [0.25, 0.3) is 0 Å².